The van der Waals surface area contributed by atoms with E-state index in [1.165, 1.54) is 0 Å². The number of fused-ring (bicyclic) bond motifs is 4. The Morgan fingerprint density at radius 2 is 0.944 bits per heavy atom. The molecule has 1 aromatic carbocycles. The van der Waals surface area contributed by atoms with Crippen molar-refractivity contribution in [3.63, 3.8) is 0 Å². The molecule has 3 N–H and O–H groups in total. The molecule has 0 fully saturated rings. The van der Waals surface area contributed by atoms with Crippen molar-refractivity contribution >= 4 is 0 Å². The molecule has 36 heavy (non-hydrogen) atoms. The van der Waals surface area contributed by atoms with E-state index < -0.39 is 21.6 Å². The van der Waals surface area contributed by atoms with Gasteiger partial charge in [-0.2, -0.15) is 3.44 Å². The van der Waals surface area contributed by atoms with Crippen LogP contribution in [0.5, 0.6) is 0 Å². The predicted octanol–water partition coefficient (Wildman–Crippen LogP) is 1.42. The van der Waals surface area contributed by atoms with E-state index in [1.54, 1.807) is 0 Å². The number of pyridine rings is 2. The van der Waals surface area contributed by atoms with Gasteiger partial charge in [0.1, 0.15) is 0 Å². The number of benzene rings is 1. The van der Waals surface area contributed by atoms with Crippen molar-refractivity contribution < 1.29 is 47.6 Å². The van der Waals surface area contributed by atoms with Crippen molar-refractivity contribution in [1.29, 1.82) is 0 Å². The van der Waals surface area contributed by atoms with Gasteiger partial charge in [-0.05, 0) is 77.9 Å². The maximum absolute atomic E-state index is 8.65. The van der Waals surface area contributed by atoms with Gasteiger partial charge in [0.25, 0.3) is 0 Å². The summed E-state index contributed by atoms with van der Waals surface area (Å²) in [6, 6.07) is 22.5. The summed E-state index contributed by atoms with van der Waals surface area (Å²) in [7, 11) is 0. The molecule has 3 aromatic rings. The Morgan fingerprint density at radius 3 is 1.19 bits per heavy atom. The molecule has 0 amide bonds. The van der Waals surface area contributed by atoms with E-state index >= 15 is 0 Å². The second kappa shape index (κ2) is 14.5. The Kier molecular flexibility index (Phi) is 13.2. The maximum Gasteiger partial charge on any atom is 0.519 e. The Hall–Kier alpha value is -1.39. The Labute approximate surface area is 238 Å². The van der Waals surface area contributed by atoms with Gasteiger partial charge in [-0.25, -0.2) is 0 Å². The van der Waals surface area contributed by atoms with Crippen molar-refractivity contribution in [1.82, 2.24) is 19.8 Å². The van der Waals surface area contributed by atoms with Gasteiger partial charge >= 0.3 is 21.6 Å². The molecule has 197 valence electrons. The molecule has 1 aliphatic rings. The van der Waals surface area contributed by atoms with Gasteiger partial charge in [-0.15, -0.1) is 0 Å². The van der Waals surface area contributed by atoms with Crippen LogP contribution < -0.4 is 21.6 Å². The van der Waals surface area contributed by atoms with Crippen LogP contribution in [0.4, 0.5) is 0 Å². The standard InChI is InChI=1S/C22H32N4.C6H6IO.Mn.H2O/c1-21(2,3)25-13-17-9-7-11-19(23-17)15-26(22(4,5)6)16-20-12-8-10-18(14-25)24-20;8-7-6-4-2-1-3-5-6;;/h7-12H,13-16H2,1-6H3;1-5,8H;;1H2/q;+1;;. The summed E-state index contributed by atoms with van der Waals surface area (Å²) in [6.45, 7) is 16.9. The van der Waals surface area contributed by atoms with Crippen LogP contribution in [0.15, 0.2) is 66.7 Å². The number of hydrogen-bond donors (Lipinski definition) is 1. The Morgan fingerprint density at radius 1 is 0.611 bits per heavy atom. The van der Waals surface area contributed by atoms with E-state index in [1.807, 2.05) is 30.3 Å². The van der Waals surface area contributed by atoms with Crippen LogP contribution in [0.3, 0.4) is 0 Å². The second-order valence-corrected chi connectivity index (χ2v) is 12.4. The van der Waals surface area contributed by atoms with Gasteiger partial charge < -0.3 is 5.48 Å². The van der Waals surface area contributed by atoms with Gasteiger partial charge in [0.05, 0.1) is 22.8 Å². The predicted molar refractivity (Wildman–Crippen MR) is 137 cm³/mol. The summed E-state index contributed by atoms with van der Waals surface area (Å²) in [6.07, 6.45) is 0. The third kappa shape index (κ3) is 10.2. The van der Waals surface area contributed by atoms with Gasteiger partial charge in [-0.1, -0.05) is 30.3 Å². The van der Waals surface area contributed by atoms with Gasteiger partial charge in [0.15, 0.2) is 0 Å². The van der Waals surface area contributed by atoms with E-state index in [-0.39, 0.29) is 33.6 Å². The van der Waals surface area contributed by atoms with Crippen LogP contribution in [0.2, 0.25) is 0 Å². The van der Waals surface area contributed by atoms with Crippen molar-refractivity contribution in [2.24, 2.45) is 0 Å². The quantitative estimate of drug-likeness (QED) is 0.320. The largest absolute Gasteiger partial charge is 0.519 e. The van der Waals surface area contributed by atoms with Crippen molar-refractivity contribution in [3.8, 4) is 0 Å². The molecule has 0 saturated carbocycles. The molecule has 3 heterocycles. The minimum atomic E-state index is -0.691. The third-order valence-electron chi connectivity index (χ3n) is 5.87. The zero-order chi connectivity index (χ0) is 24.8. The first-order valence-electron chi connectivity index (χ1n) is 11.8. The molecule has 1 aliphatic heterocycles. The molecule has 1 radical (unpaired) electrons. The van der Waals surface area contributed by atoms with Gasteiger partial charge in [0, 0.05) is 54.3 Å². The summed E-state index contributed by atoms with van der Waals surface area (Å²) in [5.74, 6) is 0. The molecule has 8 heteroatoms. The van der Waals surface area contributed by atoms with E-state index in [2.05, 4.69) is 87.7 Å². The van der Waals surface area contributed by atoms with Crippen LogP contribution in [0.25, 0.3) is 0 Å². The fourth-order valence-electron chi connectivity index (χ4n) is 3.72. The van der Waals surface area contributed by atoms with Crippen LogP contribution in [-0.4, -0.2) is 39.8 Å². The van der Waals surface area contributed by atoms with Gasteiger partial charge in [-0.3, -0.25) is 19.8 Å². The molecule has 2 aromatic heterocycles. The van der Waals surface area contributed by atoms with E-state index in [0.29, 0.717) is 0 Å². The first kappa shape index (κ1) is 32.6. The molecule has 4 rings (SSSR count). The normalized spacial score (nSPS) is 14.6. The third-order valence-corrected chi connectivity index (χ3v) is 7.14. The topological polar surface area (TPSA) is 84.0 Å². The first-order chi connectivity index (χ1) is 16.0. The average molecular weight is 646 g/mol. The summed E-state index contributed by atoms with van der Waals surface area (Å²) in [5.41, 5.74) is 4.62. The van der Waals surface area contributed by atoms with Crippen LogP contribution in [-0.2, 0) is 43.2 Å². The van der Waals surface area contributed by atoms with Crippen molar-refractivity contribution in [2.45, 2.75) is 78.8 Å². The zero-order valence-electron chi connectivity index (χ0n) is 22.2. The number of hydrogen-bond acceptors (Lipinski definition) is 5. The first-order valence-corrected chi connectivity index (χ1v) is 13.8. The minimum absolute atomic E-state index is 0. The minimum Gasteiger partial charge on any atom is -0.412 e. The number of rotatable bonds is 1. The molecular formula is C28H40IMnN4O2+. The SMILES string of the molecule is CC(C)(C)N1Cc2cccc(n2)CN(C(C)(C)C)Cc2cccc(n2)C1.O.O[I+]c1ccccc1.[Mn]. The zero-order valence-corrected chi connectivity index (χ0v) is 25.5. The number of aromatic nitrogens is 2. The maximum atomic E-state index is 8.65. The second-order valence-electron chi connectivity index (χ2n) is 10.7. The van der Waals surface area contributed by atoms with Crippen LogP contribution >= 0.6 is 0 Å². The molecular weight excluding hydrogens is 606 g/mol. The van der Waals surface area contributed by atoms with E-state index in [9.17, 15) is 0 Å². The van der Waals surface area contributed by atoms with Crippen LogP contribution in [0.1, 0.15) is 64.3 Å². The summed E-state index contributed by atoms with van der Waals surface area (Å²) < 4.78 is 9.72. The van der Waals surface area contributed by atoms with E-state index in [4.69, 9.17) is 13.4 Å². The van der Waals surface area contributed by atoms with Crippen molar-refractivity contribution in [2.75, 3.05) is 0 Å². The molecule has 0 saturated heterocycles. The molecule has 4 bridgehead atoms. The smallest absolute Gasteiger partial charge is 0.412 e. The summed E-state index contributed by atoms with van der Waals surface area (Å²) in [4.78, 5) is 14.8. The summed E-state index contributed by atoms with van der Waals surface area (Å²) >= 11 is -0.691. The molecule has 6 nitrogen and oxygen atoms in total. The molecule has 0 atom stereocenters. The van der Waals surface area contributed by atoms with Crippen LogP contribution in [0, 0.1) is 3.57 Å². The fraction of sp³-hybridized carbons (Fsp3) is 0.429. The number of nitrogens with zero attached hydrogens (tertiary/aromatic N) is 4. The molecule has 0 aliphatic carbocycles. The van der Waals surface area contributed by atoms with Gasteiger partial charge in [0.2, 0.25) is 3.57 Å². The molecule has 0 unspecified atom stereocenters. The molecule has 0 spiro atoms. The monoisotopic (exact) mass is 646 g/mol. The summed E-state index contributed by atoms with van der Waals surface area (Å²) in [5, 5.41) is 0. The average Bonchev–Trinajstić information content (AvgIpc) is 2.78. The fourth-order valence-corrected chi connectivity index (χ4v) is 4.46. The van der Waals surface area contributed by atoms with Crippen molar-refractivity contribution in [3.05, 3.63) is 93.1 Å². The van der Waals surface area contributed by atoms with E-state index in [0.717, 1.165) is 52.5 Å². The Bertz CT molecular complexity index is 947. The Balaban J connectivity index is 0.000000555. The number of halogens is 1.